The normalized spacial score (nSPS) is 14.4. The highest BCUT2D eigenvalue weighted by Crippen LogP contribution is 2.42. The Morgan fingerprint density at radius 1 is 1.35 bits per heavy atom. The molecule has 3 aromatic rings. The van der Waals surface area contributed by atoms with Crippen LogP contribution in [-0.4, -0.2) is 26.1 Å². The third-order valence-corrected chi connectivity index (χ3v) is 5.75. The molecule has 31 heavy (non-hydrogen) atoms. The van der Waals surface area contributed by atoms with E-state index in [2.05, 4.69) is 21.4 Å². The molecule has 2 heterocycles. The third kappa shape index (κ3) is 4.04. The molecule has 1 unspecified atom stereocenters. The Labute approximate surface area is 184 Å². The summed E-state index contributed by atoms with van der Waals surface area (Å²) in [6.45, 7) is 2.56. The lowest BCUT2D eigenvalue weighted by molar-refractivity contribution is 0.530. The molecule has 0 saturated heterocycles. The zero-order chi connectivity index (χ0) is 22.1. The highest BCUT2D eigenvalue weighted by atomic mass is 35.5. The van der Waals surface area contributed by atoms with Gasteiger partial charge in [-0.2, -0.15) is 10.2 Å². The number of halogens is 1. The Kier molecular flexibility index (Phi) is 5.76. The maximum Gasteiger partial charge on any atom is 0.262 e. The lowest BCUT2D eigenvalue weighted by atomic mass is 10.1. The van der Waals surface area contributed by atoms with Gasteiger partial charge < -0.3 is 16.8 Å². The first-order valence-electron chi connectivity index (χ1n) is 10.1. The molecule has 0 spiro atoms. The molecule has 10 heteroatoms. The van der Waals surface area contributed by atoms with Gasteiger partial charge in [-0.3, -0.25) is 9.36 Å². The van der Waals surface area contributed by atoms with Crippen molar-refractivity contribution in [3.8, 4) is 6.07 Å². The first-order chi connectivity index (χ1) is 14.9. The molecular weight excluding hydrogens is 416 g/mol. The van der Waals surface area contributed by atoms with Gasteiger partial charge in [0.2, 0.25) is 5.95 Å². The summed E-state index contributed by atoms with van der Waals surface area (Å²) in [7, 11) is 0. The van der Waals surface area contributed by atoms with E-state index in [1.54, 1.807) is 29.7 Å². The molecule has 2 aromatic heterocycles. The molecule has 0 aliphatic heterocycles. The average Bonchev–Trinajstić information content (AvgIpc) is 3.56. The smallest absolute Gasteiger partial charge is 0.262 e. The van der Waals surface area contributed by atoms with E-state index in [0.717, 1.165) is 12.8 Å². The number of aryl methyl sites for hydroxylation is 1. The van der Waals surface area contributed by atoms with Gasteiger partial charge in [0.1, 0.15) is 23.3 Å². The third-order valence-electron chi connectivity index (χ3n) is 5.43. The number of nitrogens with one attached hydrogen (secondary N) is 1. The standard InChI is InChI=1S/C21H23ClN8O/c1-11-13(10-24)18(29-21(25)26-11)28-17(12-6-7-12)19-27-15-5-2-4-14(22)16(15)20(31)30(19)9-3-8-23/h2,4-5,12,17H,3,6-9,23H2,1H3,(H3,25,26,28,29). The topological polar surface area (TPSA) is 149 Å². The molecule has 4 rings (SSSR count). The van der Waals surface area contributed by atoms with Crippen molar-refractivity contribution in [3.63, 3.8) is 0 Å². The Morgan fingerprint density at radius 3 is 2.81 bits per heavy atom. The van der Waals surface area contributed by atoms with Gasteiger partial charge in [-0.25, -0.2) is 9.97 Å². The van der Waals surface area contributed by atoms with E-state index in [-0.39, 0.29) is 23.5 Å². The van der Waals surface area contributed by atoms with Crippen molar-refractivity contribution in [1.82, 2.24) is 19.5 Å². The molecular formula is C21H23ClN8O. The van der Waals surface area contributed by atoms with Gasteiger partial charge >= 0.3 is 0 Å². The fourth-order valence-electron chi connectivity index (χ4n) is 3.75. The van der Waals surface area contributed by atoms with Crippen molar-refractivity contribution in [2.45, 2.75) is 38.8 Å². The second-order valence-corrected chi connectivity index (χ2v) is 8.07. The van der Waals surface area contributed by atoms with Crippen LogP contribution in [-0.2, 0) is 6.54 Å². The number of nitrogen functional groups attached to an aromatic ring is 1. The zero-order valence-corrected chi connectivity index (χ0v) is 17.9. The van der Waals surface area contributed by atoms with Crippen molar-refractivity contribution in [2.24, 2.45) is 11.7 Å². The lowest BCUT2D eigenvalue weighted by Crippen LogP contribution is -2.31. The Morgan fingerprint density at radius 2 is 2.13 bits per heavy atom. The number of nitrogens with zero attached hydrogens (tertiary/aromatic N) is 5. The van der Waals surface area contributed by atoms with Crippen molar-refractivity contribution in [3.05, 3.63) is 50.7 Å². The summed E-state index contributed by atoms with van der Waals surface area (Å²) in [5.74, 6) is 1.24. The summed E-state index contributed by atoms with van der Waals surface area (Å²) >= 11 is 6.32. The molecule has 0 bridgehead atoms. The molecule has 1 aromatic carbocycles. The van der Waals surface area contributed by atoms with E-state index in [1.165, 1.54) is 0 Å². The Bertz CT molecular complexity index is 1240. The molecule has 1 atom stereocenters. The average molecular weight is 439 g/mol. The number of rotatable bonds is 7. The molecule has 9 nitrogen and oxygen atoms in total. The van der Waals surface area contributed by atoms with Crippen LogP contribution in [0.2, 0.25) is 5.02 Å². The molecule has 0 amide bonds. The fourth-order valence-corrected chi connectivity index (χ4v) is 4.00. The number of nitriles is 1. The number of nitrogens with two attached hydrogens (primary N) is 2. The zero-order valence-electron chi connectivity index (χ0n) is 17.1. The van der Waals surface area contributed by atoms with Crippen LogP contribution in [0.5, 0.6) is 0 Å². The summed E-state index contributed by atoms with van der Waals surface area (Å²) in [4.78, 5) is 26.5. The van der Waals surface area contributed by atoms with Crippen LogP contribution in [0.25, 0.3) is 10.9 Å². The monoisotopic (exact) mass is 438 g/mol. The van der Waals surface area contributed by atoms with E-state index >= 15 is 0 Å². The van der Waals surface area contributed by atoms with Gasteiger partial charge in [-0.05, 0) is 50.8 Å². The highest BCUT2D eigenvalue weighted by Gasteiger charge is 2.36. The summed E-state index contributed by atoms with van der Waals surface area (Å²) < 4.78 is 1.64. The van der Waals surface area contributed by atoms with Crippen molar-refractivity contribution in [1.29, 1.82) is 5.26 Å². The summed E-state index contributed by atoms with van der Waals surface area (Å²) in [6.07, 6.45) is 2.56. The van der Waals surface area contributed by atoms with E-state index in [4.69, 9.17) is 28.1 Å². The first kappa shape index (κ1) is 21.0. The summed E-state index contributed by atoms with van der Waals surface area (Å²) in [5.41, 5.74) is 12.7. The Hall–Kier alpha value is -3.22. The predicted molar refractivity (Wildman–Crippen MR) is 120 cm³/mol. The van der Waals surface area contributed by atoms with E-state index < -0.39 is 0 Å². The molecule has 1 fully saturated rings. The van der Waals surface area contributed by atoms with Crippen molar-refractivity contribution in [2.75, 3.05) is 17.6 Å². The Balaban J connectivity index is 1.89. The second kappa shape index (κ2) is 8.49. The number of benzene rings is 1. The minimum Gasteiger partial charge on any atom is -0.368 e. The second-order valence-electron chi connectivity index (χ2n) is 7.67. The number of aromatic nitrogens is 4. The first-order valence-corrected chi connectivity index (χ1v) is 10.5. The number of fused-ring (bicyclic) bond motifs is 1. The van der Waals surface area contributed by atoms with Crippen LogP contribution in [0, 0.1) is 24.2 Å². The van der Waals surface area contributed by atoms with E-state index in [9.17, 15) is 10.1 Å². The minimum atomic E-state index is -0.324. The fraction of sp³-hybridized carbons (Fsp3) is 0.381. The lowest BCUT2D eigenvalue weighted by Gasteiger charge is -2.24. The molecule has 1 aliphatic rings. The van der Waals surface area contributed by atoms with E-state index in [1.807, 2.05) is 0 Å². The van der Waals surface area contributed by atoms with Gasteiger partial charge in [-0.15, -0.1) is 0 Å². The van der Waals surface area contributed by atoms with Gasteiger partial charge in [-0.1, -0.05) is 17.7 Å². The maximum absolute atomic E-state index is 13.4. The van der Waals surface area contributed by atoms with Crippen LogP contribution in [0.15, 0.2) is 23.0 Å². The summed E-state index contributed by atoms with van der Waals surface area (Å²) in [6, 6.07) is 7.04. The van der Waals surface area contributed by atoms with E-state index in [0.29, 0.717) is 58.3 Å². The number of hydrogen-bond donors (Lipinski definition) is 3. The van der Waals surface area contributed by atoms with Crippen LogP contribution < -0.4 is 22.3 Å². The van der Waals surface area contributed by atoms with Gasteiger partial charge in [0.25, 0.3) is 5.56 Å². The highest BCUT2D eigenvalue weighted by molar-refractivity contribution is 6.35. The number of hydrogen-bond acceptors (Lipinski definition) is 8. The molecule has 160 valence electrons. The van der Waals surface area contributed by atoms with Crippen molar-refractivity contribution < 1.29 is 0 Å². The van der Waals surface area contributed by atoms with Crippen LogP contribution in [0.4, 0.5) is 11.8 Å². The van der Waals surface area contributed by atoms with Gasteiger partial charge in [0, 0.05) is 6.54 Å². The maximum atomic E-state index is 13.4. The SMILES string of the molecule is Cc1nc(N)nc(NC(c2nc3cccc(Cl)c3c(=O)n2CCCN)C2CC2)c1C#N. The molecule has 1 saturated carbocycles. The van der Waals surface area contributed by atoms with Gasteiger partial charge in [0.05, 0.1) is 27.7 Å². The van der Waals surface area contributed by atoms with Crippen molar-refractivity contribution >= 4 is 34.3 Å². The van der Waals surface area contributed by atoms with Crippen LogP contribution in [0.1, 0.15) is 42.4 Å². The quantitative estimate of drug-likeness (QED) is 0.509. The predicted octanol–water partition coefficient (Wildman–Crippen LogP) is 2.51. The molecule has 5 N–H and O–H groups in total. The summed E-state index contributed by atoms with van der Waals surface area (Å²) in [5, 5.41) is 13.7. The molecule has 1 aliphatic carbocycles. The minimum absolute atomic E-state index is 0.0762. The van der Waals surface area contributed by atoms with Gasteiger partial charge in [0.15, 0.2) is 0 Å². The van der Waals surface area contributed by atoms with Crippen LogP contribution in [0.3, 0.4) is 0 Å². The largest absolute Gasteiger partial charge is 0.368 e. The number of anilines is 2. The molecule has 0 radical (unpaired) electrons. The van der Waals surface area contributed by atoms with Crippen LogP contribution >= 0.6 is 11.6 Å².